The Morgan fingerprint density at radius 2 is 2.04 bits per heavy atom. The summed E-state index contributed by atoms with van der Waals surface area (Å²) in [6.45, 7) is 9.32. The fraction of sp³-hybridized carbons (Fsp3) is 0.500. The first kappa shape index (κ1) is 19.1. The van der Waals surface area contributed by atoms with E-state index in [4.69, 9.17) is 0 Å². The average Bonchev–Trinajstić information content (AvgIpc) is 3.21. The van der Waals surface area contributed by atoms with Gasteiger partial charge in [0.1, 0.15) is 5.00 Å². The van der Waals surface area contributed by atoms with Crippen LogP contribution in [-0.4, -0.2) is 18.4 Å². The van der Waals surface area contributed by atoms with Gasteiger partial charge in [0.05, 0.1) is 10.4 Å². The van der Waals surface area contributed by atoms with Crippen LogP contribution in [0.25, 0.3) is 0 Å². The predicted octanol–water partition coefficient (Wildman–Crippen LogP) is 4.96. The lowest BCUT2D eigenvalue weighted by Gasteiger charge is -2.33. The van der Waals surface area contributed by atoms with Crippen molar-refractivity contribution in [1.82, 2.24) is 5.32 Å². The first-order valence-electron chi connectivity index (χ1n) is 9.08. The fourth-order valence-electron chi connectivity index (χ4n) is 3.47. The molecule has 26 heavy (non-hydrogen) atoms. The SMILES string of the molecule is CCNC(=O)c1c(NC(=O)c2cccs2)sc2c1CC[C@@H](C(C)(C)C)C2. The topological polar surface area (TPSA) is 58.2 Å². The second kappa shape index (κ2) is 7.53. The van der Waals surface area contributed by atoms with Gasteiger partial charge in [0.25, 0.3) is 11.8 Å². The van der Waals surface area contributed by atoms with Gasteiger partial charge >= 0.3 is 0 Å². The number of anilines is 1. The summed E-state index contributed by atoms with van der Waals surface area (Å²) < 4.78 is 0. The molecule has 0 aromatic carbocycles. The van der Waals surface area contributed by atoms with Gasteiger partial charge < -0.3 is 10.6 Å². The maximum absolute atomic E-state index is 12.7. The van der Waals surface area contributed by atoms with Crippen LogP contribution in [0.3, 0.4) is 0 Å². The maximum atomic E-state index is 12.7. The second-order valence-electron chi connectivity index (χ2n) is 7.80. The van der Waals surface area contributed by atoms with Gasteiger partial charge in [0.2, 0.25) is 0 Å². The number of carbonyl (C=O) groups excluding carboxylic acids is 2. The Morgan fingerprint density at radius 3 is 2.65 bits per heavy atom. The molecule has 1 atom stereocenters. The normalized spacial score (nSPS) is 16.8. The number of hydrogen-bond acceptors (Lipinski definition) is 4. The molecule has 2 heterocycles. The van der Waals surface area contributed by atoms with E-state index in [0.29, 0.717) is 27.9 Å². The predicted molar refractivity (Wildman–Crippen MR) is 110 cm³/mol. The number of hydrogen-bond donors (Lipinski definition) is 2. The summed E-state index contributed by atoms with van der Waals surface area (Å²) in [5, 5.41) is 8.47. The highest BCUT2D eigenvalue weighted by Gasteiger charge is 2.34. The molecule has 0 bridgehead atoms. The zero-order valence-electron chi connectivity index (χ0n) is 15.8. The lowest BCUT2D eigenvalue weighted by Crippen LogP contribution is -2.28. The third-order valence-corrected chi connectivity index (χ3v) is 7.06. The van der Waals surface area contributed by atoms with Crippen LogP contribution in [0.15, 0.2) is 17.5 Å². The highest BCUT2D eigenvalue weighted by Crippen LogP contribution is 2.44. The molecule has 4 nitrogen and oxygen atoms in total. The molecule has 0 saturated heterocycles. The van der Waals surface area contributed by atoms with E-state index in [2.05, 4.69) is 31.4 Å². The summed E-state index contributed by atoms with van der Waals surface area (Å²) >= 11 is 2.98. The van der Waals surface area contributed by atoms with Crippen molar-refractivity contribution in [3.8, 4) is 0 Å². The Kier molecular flexibility index (Phi) is 5.53. The monoisotopic (exact) mass is 390 g/mol. The fourth-order valence-corrected chi connectivity index (χ4v) is 5.41. The lowest BCUT2D eigenvalue weighted by molar-refractivity contribution is 0.0955. The molecule has 6 heteroatoms. The van der Waals surface area contributed by atoms with Crippen LogP contribution < -0.4 is 10.6 Å². The zero-order chi connectivity index (χ0) is 18.9. The van der Waals surface area contributed by atoms with Crippen LogP contribution in [0.1, 0.15) is 64.6 Å². The maximum Gasteiger partial charge on any atom is 0.266 e. The molecule has 140 valence electrons. The Labute approximate surface area is 163 Å². The van der Waals surface area contributed by atoms with Crippen molar-refractivity contribution in [2.45, 2.75) is 47.0 Å². The summed E-state index contributed by atoms with van der Waals surface area (Å²) in [6.07, 6.45) is 2.96. The highest BCUT2D eigenvalue weighted by molar-refractivity contribution is 7.17. The molecule has 2 N–H and O–H groups in total. The van der Waals surface area contributed by atoms with Crippen LogP contribution in [0, 0.1) is 11.3 Å². The first-order valence-corrected chi connectivity index (χ1v) is 10.8. The van der Waals surface area contributed by atoms with Crippen molar-refractivity contribution >= 4 is 39.5 Å². The first-order chi connectivity index (χ1) is 12.3. The van der Waals surface area contributed by atoms with E-state index < -0.39 is 0 Å². The molecule has 2 amide bonds. The van der Waals surface area contributed by atoms with E-state index in [9.17, 15) is 9.59 Å². The van der Waals surface area contributed by atoms with Crippen LogP contribution >= 0.6 is 22.7 Å². The van der Waals surface area contributed by atoms with Crippen molar-refractivity contribution in [2.75, 3.05) is 11.9 Å². The molecule has 0 saturated carbocycles. The Bertz CT molecular complexity index is 801. The Balaban J connectivity index is 1.94. The van der Waals surface area contributed by atoms with Crippen LogP contribution in [0.2, 0.25) is 0 Å². The lowest BCUT2D eigenvalue weighted by atomic mass is 9.72. The number of nitrogens with one attached hydrogen (secondary N) is 2. The molecular formula is C20H26N2O2S2. The van der Waals surface area contributed by atoms with Gasteiger partial charge in [0.15, 0.2) is 0 Å². The zero-order valence-corrected chi connectivity index (χ0v) is 17.4. The van der Waals surface area contributed by atoms with Crippen molar-refractivity contribution in [2.24, 2.45) is 11.3 Å². The second-order valence-corrected chi connectivity index (χ2v) is 9.86. The van der Waals surface area contributed by atoms with Crippen molar-refractivity contribution in [3.63, 3.8) is 0 Å². The number of thiophene rings is 2. The van der Waals surface area contributed by atoms with Gasteiger partial charge in [0, 0.05) is 11.4 Å². The summed E-state index contributed by atoms with van der Waals surface area (Å²) in [4.78, 5) is 27.1. The van der Waals surface area contributed by atoms with E-state index in [1.54, 1.807) is 17.4 Å². The van der Waals surface area contributed by atoms with Crippen LogP contribution in [-0.2, 0) is 12.8 Å². The van der Waals surface area contributed by atoms with Gasteiger partial charge in [-0.25, -0.2) is 0 Å². The molecule has 2 aromatic rings. The third-order valence-electron chi connectivity index (χ3n) is 5.03. The van der Waals surface area contributed by atoms with Gasteiger partial charge in [-0.2, -0.15) is 0 Å². The molecule has 2 aromatic heterocycles. The largest absolute Gasteiger partial charge is 0.352 e. The summed E-state index contributed by atoms with van der Waals surface area (Å²) in [5.41, 5.74) is 2.04. The van der Waals surface area contributed by atoms with Crippen LogP contribution in [0.5, 0.6) is 0 Å². The molecule has 1 aliphatic rings. The molecule has 0 radical (unpaired) electrons. The van der Waals surface area contributed by atoms with E-state index in [-0.39, 0.29) is 17.2 Å². The van der Waals surface area contributed by atoms with Crippen molar-refractivity contribution in [1.29, 1.82) is 0 Å². The number of carbonyl (C=O) groups is 2. The van der Waals surface area contributed by atoms with Crippen molar-refractivity contribution in [3.05, 3.63) is 38.4 Å². The van der Waals surface area contributed by atoms with E-state index in [1.807, 2.05) is 18.4 Å². The van der Waals surface area contributed by atoms with Gasteiger partial charge in [-0.05, 0) is 54.5 Å². The minimum absolute atomic E-state index is 0.0827. The van der Waals surface area contributed by atoms with Crippen LogP contribution in [0.4, 0.5) is 5.00 Å². The van der Waals surface area contributed by atoms with Crippen molar-refractivity contribution < 1.29 is 9.59 Å². The molecule has 0 spiro atoms. The number of amides is 2. The average molecular weight is 391 g/mol. The van der Waals surface area contributed by atoms with Gasteiger partial charge in [-0.3, -0.25) is 9.59 Å². The molecule has 0 unspecified atom stereocenters. The molecule has 1 aliphatic carbocycles. The van der Waals surface area contributed by atoms with E-state index in [0.717, 1.165) is 24.8 Å². The minimum atomic E-state index is -0.142. The molecule has 3 rings (SSSR count). The third kappa shape index (κ3) is 3.86. The smallest absolute Gasteiger partial charge is 0.266 e. The van der Waals surface area contributed by atoms with Gasteiger partial charge in [-0.1, -0.05) is 26.8 Å². The summed E-state index contributed by atoms with van der Waals surface area (Å²) in [6, 6.07) is 3.66. The standard InChI is InChI=1S/C20H26N2O2S2/c1-5-21-18(24)16-13-9-8-12(20(2,3)4)11-15(13)26-19(16)22-17(23)14-7-6-10-25-14/h6-7,10,12H,5,8-9,11H2,1-4H3,(H,21,24)(H,22,23)/t12-/m1/s1. The van der Waals surface area contributed by atoms with Gasteiger partial charge in [-0.15, -0.1) is 22.7 Å². The minimum Gasteiger partial charge on any atom is -0.352 e. The summed E-state index contributed by atoms with van der Waals surface area (Å²) in [5.74, 6) is 0.369. The molecule has 0 fully saturated rings. The number of rotatable bonds is 4. The molecule has 0 aliphatic heterocycles. The number of fused-ring (bicyclic) bond motifs is 1. The van der Waals surface area contributed by atoms with E-state index in [1.165, 1.54) is 16.2 Å². The molecular weight excluding hydrogens is 364 g/mol. The van der Waals surface area contributed by atoms with E-state index >= 15 is 0 Å². The quantitative estimate of drug-likeness (QED) is 0.775. The Hall–Kier alpha value is -1.66. The highest BCUT2D eigenvalue weighted by atomic mass is 32.1. The Morgan fingerprint density at radius 1 is 1.27 bits per heavy atom. The summed E-state index contributed by atoms with van der Waals surface area (Å²) in [7, 11) is 0.